The molecular weight excluding hydrogens is 244 g/mol. The Morgan fingerprint density at radius 3 is 2.65 bits per heavy atom. The van der Waals surface area contributed by atoms with Crippen LogP contribution in [0.5, 0.6) is 0 Å². The first-order valence-electron chi connectivity index (χ1n) is 9.11. The number of carbonyl (C=O) groups excluding carboxylic acids is 1. The van der Waals surface area contributed by atoms with Gasteiger partial charge in [-0.3, -0.25) is 4.79 Å². The number of hydrogen-bond donors (Lipinski definition) is 0. The molecule has 0 saturated heterocycles. The fraction of sp³-hybridized carbons (Fsp3) is 0.947. The van der Waals surface area contributed by atoms with Gasteiger partial charge in [-0.05, 0) is 80.5 Å². The van der Waals surface area contributed by atoms with Crippen LogP contribution >= 0.6 is 0 Å². The number of fused-ring (bicyclic) bond motifs is 4. The van der Waals surface area contributed by atoms with Gasteiger partial charge in [0.2, 0.25) is 0 Å². The minimum atomic E-state index is 0.0793. The van der Waals surface area contributed by atoms with Crippen LogP contribution in [0.15, 0.2) is 0 Å². The number of ketones is 1. The van der Waals surface area contributed by atoms with Crippen molar-refractivity contribution in [3.63, 3.8) is 0 Å². The van der Waals surface area contributed by atoms with Crippen LogP contribution in [-0.4, -0.2) is 5.78 Å². The summed E-state index contributed by atoms with van der Waals surface area (Å²) < 4.78 is 0. The lowest BCUT2D eigenvalue weighted by molar-refractivity contribution is -0.132. The third kappa shape index (κ3) is 1.84. The van der Waals surface area contributed by atoms with E-state index in [-0.39, 0.29) is 5.41 Å². The molecule has 4 rings (SSSR count). The zero-order valence-electron chi connectivity index (χ0n) is 13.2. The first-order chi connectivity index (χ1) is 9.58. The zero-order valence-corrected chi connectivity index (χ0v) is 13.2. The van der Waals surface area contributed by atoms with E-state index in [2.05, 4.69) is 13.8 Å². The SMILES string of the molecule is C[C@H]1CC[C@H]2C[C@@H]3[C@H](CC[C@]4(C)C(=O)CC[C@@H]34)CC2C1. The molecule has 0 heterocycles. The summed E-state index contributed by atoms with van der Waals surface area (Å²) in [7, 11) is 0. The van der Waals surface area contributed by atoms with E-state index in [0.717, 1.165) is 41.9 Å². The molecule has 0 amide bonds. The summed E-state index contributed by atoms with van der Waals surface area (Å²) in [5, 5.41) is 0. The van der Waals surface area contributed by atoms with E-state index in [9.17, 15) is 4.79 Å². The van der Waals surface area contributed by atoms with Crippen LogP contribution in [0.4, 0.5) is 0 Å². The maximum atomic E-state index is 12.3. The number of carbonyl (C=O) groups is 1. The standard InChI is InChI=1S/C19H30O/c1-12-3-4-13-11-16-14(10-15(13)9-12)7-8-19(2)17(16)5-6-18(19)20/h12-17H,3-11H2,1-2H3/t12-,13-,14+,15?,16+,17-,19-/m0/s1. The first-order valence-corrected chi connectivity index (χ1v) is 9.11. The van der Waals surface area contributed by atoms with E-state index >= 15 is 0 Å². The molecule has 1 nitrogen and oxygen atoms in total. The highest BCUT2D eigenvalue weighted by Crippen LogP contribution is 2.60. The molecule has 4 fully saturated rings. The Morgan fingerprint density at radius 1 is 0.950 bits per heavy atom. The summed E-state index contributed by atoms with van der Waals surface area (Å²) in [4.78, 5) is 12.3. The molecule has 4 saturated carbocycles. The van der Waals surface area contributed by atoms with Crippen molar-refractivity contribution in [3.05, 3.63) is 0 Å². The molecule has 4 aliphatic rings. The van der Waals surface area contributed by atoms with E-state index in [1.807, 2.05) is 0 Å². The highest BCUT2D eigenvalue weighted by molar-refractivity contribution is 5.87. The molecular formula is C19H30O. The van der Waals surface area contributed by atoms with E-state index in [1.165, 1.54) is 51.4 Å². The summed E-state index contributed by atoms with van der Waals surface area (Å²) in [6, 6.07) is 0. The van der Waals surface area contributed by atoms with Gasteiger partial charge < -0.3 is 0 Å². The van der Waals surface area contributed by atoms with Crippen LogP contribution < -0.4 is 0 Å². The molecule has 0 aromatic carbocycles. The van der Waals surface area contributed by atoms with Crippen LogP contribution in [0, 0.1) is 40.9 Å². The Kier molecular flexibility index (Phi) is 3.06. The van der Waals surface area contributed by atoms with Crippen molar-refractivity contribution < 1.29 is 4.79 Å². The Morgan fingerprint density at radius 2 is 1.80 bits per heavy atom. The van der Waals surface area contributed by atoms with E-state index in [4.69, 9.17) is 0 Å². The zero-order chi connectivity index (χ0) is 13.9. The fourth-order valence-corrected chi connectivity index (χ4v) is 6.68. The van der Waals surface area contributed by atoms with Crippen LogP contribution in [-0.2, 0) is 4.79 Å². The molecule has 4 aliphatic carbocycles. The second-order valence-corrected chi connectivity index (χ2v) is 8.86. The third-order valence-corrected chi connectivity index (χ3v) is 7.88. The van der Waals surface area contributed by atoms with Gasteiger partial charge in [0.25, 0.3) is 0 Å². The van der Waals surface area contributed by atoms with Gasteiger partial charge in [-0.2, -0.15) is 0 Å². The van der Waals surface area contributed by atoms with Crippen LogP contribution in [0.3, 0.4) is 0 Å². The van der Waals surface area contributed by atoms with Crippen molar-refractivity contribution in [2.75, 3.05) is 0 Å². The number of hydrogen-bond acceptors (Lipinski definition) is 1. The average Bonchev–Trinajstić information content (AvgIpc) is 2.73. The minimum absolute atomic E-state index is 0.0793. The molecule has 0 aromatic heterocycles. The van der Waals surface area contributed by atoms with Gasteiger partial charge in [0.15, 0.2) is 0 Å². The summed E-state index contributed by atoms with van der Waals surface area (Å²) in [6.07, 6.45) is 12.0. The number of rotatable bonds is 0. The minimum Gasteiger partial charge on any atom is -0.299 e. The molecule has 0 bridgehead atoms. The predicted octanol–water partition coefficient (Wildman–Crippen LogP) is 4.84. The Hall–Kier alpha value is -0.330. The summed E-state index contributed by atoms with van der Waals surface area (Å²) in [5.74, 6) is 6.21. The van der Waals surface area contributed by atoms with Crippen molar-refractivity contribution in [3.8, 4) is 0 Å². The molecule has 112 valence electrons. The molecule has 1 heteroatoms. The van der Waals surface area contributed by atoms with Gasteiger partial charge in [-0.1, -0.05) is 20.3 Å². The summed E-state index contributed by atoms with van der Waals surface area (Å²) in [6.45, 7) is 4.76. The maximum Gasteiger partial charge on any atom is 0.139 e. The molecule has 0 aromatic rings. The van der Waals surface area contributed by atoms with Gasteiger partial charge in [0.1, 0.15) is 5.78 Å². The van der Waals surface area contributed by atoms with Crippen molar-refractivity contribution in [2.45, 2.75) is 71.6 Å². The monoisotopic (exact) mass is 274 g/mol. The fourth-order valence-electron chi connectivity index (χ4n) is 6.68. The number of Topliss-reactive ketones (excluding diaryl/α,β-unsaturated/α-hetero) is 1. The molecule has 1 unspecified atom stereocenters. The topological polar surface area (TPSA) is 17.1 Å². The quantitative estimate of drug-likeness (QED) is 0.617. The molecule has 0 spiro atoms. The van der Waals surface area contributed by atoms with E-state index < -0.39 is 0 Å². The molecule has 0 aliphatic heterocycles. The smallest absolute Gasteiger partial charge is 0.139 e. The largest absolute Gasteiger partial charge is 0.299 e. The van der Waals surface area contributed by atoms with Gasteiger partial charge >= 0.3 is 0 Å². The molecule has 7 atom stereocenters. The Labute approximate surface area is 123 Å². The van der Waals surface area contributed by atoms with Crippen LogP contribution in [0.1, 0.15) is 71.6 Å². The highest BCUT2D eigenvalue weighted by Gasteiger charge is 2.55. The maximum absolute atomic E-state index is 12.3. The van der Waals surface area contributed by atoms with Crippen molar-refractivity contribution in [1.82, 2.24) is 0 Å². The Balaban J connectivity index is 1.56. The molecule has 20 heavy (non-hydrogen) atoms. The Bertz CT molecular complexity index is 414. The van der Waals surface area contributed by atoms with Crippen molar-refractivity contribution >= 4 is 5.78 Å². The first kappa shape index (κ1) is 13.3. The third-order valence-electron chi connectivity index (χ3n) is 7.88. The molecule has 0 radical (unpaired) electrons. The summed E-state index contributed by atoms with van der Waals surface area (Å²) >= 11 is 0. The lowest BCUT2D eigenvalue weighted by Gasteiger charge is -2.53. The van der Waals surface area contributed by atoms with Gasteiger partial charge in [-0.25, -0.2) is 0 Å². The van der Waals surface area contributed by atoms with Crippen molar-refractivity contribution in [1.29, 1.82) is 0 Å². The average molecular weight is 274 g/mol. The van der Waals surface area contributed by atoms with Gasteiger partial charge in [-0.15, -0.1) is 0 Å². The van der Waals surface area contributed by atoms with Gasteiger partial charge in [0, 0.05) is 11.8 Å². The van der Waals surface area contributed by atoms with E-state index in [0.29, 0.717) is 5.78 Å². The van der Waals surface area contributed by atoms with Crippen LogP contribution in [0.25, 0.3) is 0 Å². The molecule has 0 N–H and O–H groups in total. The predicted molar refractivity (Wildman–Crippen MR) is 81.3 cm³/mol. The highest BCUT2D eigenvalue weighted by atomic mass is 16.1. The van der Waals surface area contributed by atoms with Gasteiger partial charge in [0.05, 0.1) is 0 Å². The lowest BCUT2D eigenvalue weighted by Crippen LogP contribution is -2.46. The second kappa shape index (κ2) is 4.58. The van der Waals surface area contributed by atoms with Crippen molar-refractivity contribution in [2.24, 2.45) is 40.9 Å². The lowest BCUT2D eigenvalue weighted by atomic mass is 9.51. The van der Waals surface area contributed by atoms with E-state index in [1.54, 1.807) is 0 Å². The summed E-state index contributed by atoms with van der Waals surface area (Å²) in [5.41, 5.74) is 0.0793. The normalized spacial score (nSPS) is 55.0. The second-order valence-electron chi connectivity index (χ2n) is 8.86. The van der Waals surface area contributed by atoms with Crippen LogP contribution in [0.2, 0.25) is 0 Å².